The summed E-state index contributed by atoms with van der Waals surface area (Å²) in [5.74, 6) is 1.07. The van der Waals surface area contributed by atoms with Crippen LogP contribution in [0.1, 0.15) is 32.8 Å². The minimum atomic E-state index is 0.204. The fourth-order valence-corrected chi connectivity index (χ4v) is 3.64. The highest BCUT2D eigenvalue weighted by molar-refractivity contribution is 7.99. The third-order valence-electron chi connectivity index (χ3n) is 3.65. The maximum Gasteiger partial charge on any atom is 0.0504 e. The molecule has 0 radical (unpaired) electrons. The summed E-state index contributed by atoms with van der Waals surface area (Å²) in [5, 5.41) is 9.10. The summed E-state index contributed by atoms with van der Waals surface area (Å²) in [6.07, 6.45) is 0.851. The molecule has 1 unspecified atom stereocenters. The van der Waals surface area contributed by atoms with Crippen LogP contribution < -0.4 is 4.90 Å². The molecule has 0 spiro atoms. The Hall–Kier alpha value is -0.670. The molecule has 0 amide bonds. The van der Waals surface area contributed by atoms with Gasteiger partial charge in [0.1, 0.15) is 0 Å². The minimum Gasteiger partial charge on any atom is -0.396 e. The van der Waals surface area contributed by atoms with Crippen molar-refractivity contribution in [3.63, 3.8) is 0 Å². The average molecular weight is 265 g/mol. The summed E-state index contributed by atoms with van der Waals surface area (Å²) < 4.78 is 0. The number of nitrogens with zero attached hydrogens (tertiary/aromatic N) is 1. The molecule has 18 heavy (non-hydrogen) atoms. The maximum absolute atomic E-state index is 9.10. The largest absolute Gasteiger partial charge is 0.396 e. The minimum absolute atomic E-state index is 0.204. The monoisotopic (exact) mass is 265 g/mol. The van der Waals surface area contributed by atoms with Crippen LogP contribution in [0.15, 0.2) is 23.1 Å². The van der Waals surface area contributed by atoms with Crippen molar-refractivity contribution >= 4 is 17.4 Å². The Bertz CT molecular complexity index is 425. The Kier molecular flexibility index (Phi) is 3.93. The van der Waals surface area contributed by atoms with Gasteiger partial charge in [-0.25, -0.2) is 0 Å². The molecule has 1 aliphatic rings. The van der Waals surface area contributed by atoms with Crippen LogP contribution in [-0.2, 0) is 5.41 Å². The van der Waals surface area contributed by atoms with E-state index in [1.54, 1.807) is 0 Å². The average Bonchev–Trinajstić information content (AvgIpc) is 2.31. The van der Waals surface area contributed by atoms with Gasteiger partial charge in [-0.3, -0.25) is 0 Å². The van der Waals surface area contributed by atoms with Gasteiger partial charge in [-0.1, -0.05) is 26.8 Å². The van der Waals surface area contributed by atoms with Crippen molar-refractivity contribution in [2.45, 2.75) is 43.5 Å². The van der Waals surface area contributed by atoms with E-state index in [1.165, 1.54) is 16.1 Å². The summed E-state index contributed by atoms with van der Waals surface area (Å²) >= 11 is 1.92. The fourth-order valence-electron chi connectivity index (χ4n) is 2.31. The van der Waals surface area contributed by atoms with Crippen molar-refractivity contribution in [2.75, 3.05) is 24.3 Å². The van der Waals surface area contributed by atoms with Gasteiger partial charge < -0.3 is 10.0 Å². The van der Waals surface area contributed by atoms with Gasteiger partial charge >= 0.3 is 0 Å². The van der Waals surface area contributed by atoms with Gasteiger partial charge in [0.15, 0.2) is 0 Å². The van der Waals surface area contributed by atoms with Crippen LogP contribution in [0.4, 0.5) is 5.69 Å². The SMILES string of the molecule is CN1c2ccc(C(C)(C)C)cc2SCC1CCO. The van der Waals surface area contributed by atoms with Gasteiger partial charge in [-0.2, -0.15) is 0 Å². The summed E-state index contributed by atoms with van der Waals surface area (Å²) in [6, 6.07) is 7.24. The lowest BCUT2D eigenvalue weighted by atomic mass is 9.87. The number of rotatable bonds is 2. The van der Waals surface area contributed by atoms with E-state index in [-0.39, 0.29) is 12.0 Å². The number of anilines is 1. The highest BCUT2D eigenvalue weighted by Crippen LogP contribution is 2.39. The normalized spacial score (nSPS) is 19.8. The Balaban J connectivity index is 2.29. The van der Waals surface area contributed by atoms with Crippen LogP contribution in [-0.4, -0.2) is 30.6 Å². The topological polar surface area (TPSA) is 23.5 Å². The zero-order valence-corrected chi connectivity index (χ0v) is 12.5. The predicted molar refractivity (Wildman–Crippen MR) is 79.8 cm³/mol. The second-order valence-electron chi connectivity index (χ2n) is 6.02. The van der Waals surface area contributed by atoms with Crippen LogP contribution in [0, 0.1) is 0 Å². The van der Waals surface area contributed by atoms with Gasteiger partial charge in [-0.05, 0) is 29.5 Å². The quantitative estimate of drug-likeness (QED) is 0.887. The lowest BCUT2D eigenvalue weighted by Crippen LogP contribution is -2.37. The highest BCUT2D eigenvalue weighted by Gasteiger charge is 2.25. The molecule has 0 fully saturated rings. The third-order valence-corrected chi connectivity index (χ3v) is 4.84. The molecule has 1 atom stereocenters. The van der Waals surface area contributed by atoms with Crippen molar-refractivity contribution in [3.05, 3.63) is 23.8 Å². The van der Waals surface area contributed by atoms with Crippen molar-refractivity contribution < 1.29 is 5.11 Å². The van der Waals surface area contributed by atoms with Gasteiger partial charge in [0.2, 0.25) is 0 Å². The maximum atomic E-state index is 9.10. The van der Waals surface area contributed by atoms with E-state index >= 15 is 0 Å². The summed E-state index contributed by atoms with van der Waals surface area (Å²) in [6.45, 7) is 7.02. The molecule has 100 valence electrons. The third kappa shape index (κ3) is 2.67. The van der Waals surface area contributed by atoms with Crippen molar-refractivity contribution in [1.29, 1.82) is 0 Å². The molecule has 1 N–H and O–H groups in total. The van der Waals surface area contributed by atoms with Crippen LogP contribution in [0.3, 0.4) is 0 Å². The smallest absolute Gasteiger partial charge is 0.0504 e. The molecule has 1 heterocycles. The Morgan fingerprint density at radius 3 is 2.72 bits per heavy atom. The lowest BCUT2D eigenvalue weighted by molar-refractivity contribution is 0.278. The van der Waals surface area contributed by atoms with Crippen LogP contribution in [0.2, 0.25) is 0 Å². The number of hydrogen-bond acceptors (Lipinski definition) is 3. The van der Waals surface area contributed by atoms with Gasteiger partial charge in [0, 0.05) is 30.3 Å². The number of aliphatic hydroxyl groups excluding tert-OH is 1. The first-order valence-corrected chi connectivity index (χ1v) is 7.53. The summed E-state index contributed by atoms with van der Waals surface area (Å²) in [4.78, 5) is 3.69. The first kappa shape index (κ1) is 13.8. The number of aliphatic hydroxyl groups is 1. The number of hydrogen-bond donors (Lipinski definition) is 1. The molecule has 0 saturated carbocycles. The fraction of sp³-hybridized carbons (Fsp3) is 0.600. The number of benzene rings is 1. The van der Waals surface area contributed by atoms with E-state index in [9.17, 15) is 0 Å². The van der Waals surface area contributed by atoms with Crippen molar-refractivity contribution in [1.82, 2.24) is 0 Å². The van der Waals surface area contributed by atoms with Crippen LogP contribution >= 0.6 is 11.8 Å². The van der Waals surface area contributed by atoms with Crippen molar-refractivity contribution in [2.24, 2.45) is 0 Å². The first-order valence-electron chi connectivity index (χ1n) is 6.54. The highest BCUT2D eigenvalue weighted by atomic mass is 32.2. The summed E-state index contributed by atoms with van der Waals surface area (Å²) in [5.41, 5.74) is 2.90. The van der Waals surface area contributed by atoms with E-state index in [0.29, 0.717) is 6.04 Å². The molecule has 0 bridgehead atoms. The van der Waals surface area contributed by atoms with Crippen LogP contribution in [0.25, 0.3) is 0 Å². The van der Waals surface area contributed by atoms with E-state index in [4.69, 9.17) is 5.11 Å². The van der Waals surface area contributed by atoms with Gasteiger partial charge in [0.05, 0.1) is 5.69 Å². The zero-order valence-electron chi connectivity index (χ0n) is 11.7. The molecular formula is C15H23NOS. The van der Waals surface area contributed by atoms with Crippen LogP contribution in [0.5, 0.6) is 0 Å². The Labute approximate surface area is 114 Å². The second kappa shape index (κ2) is 5.14. The van der Waals surface area contributed by atoms with Crippen molar-refractivity contribution in [3.8, 4) is 0 Å². The van der Waals surface area contributed by atoms with E-state index in [2.05, 4.69) is 50.9 Å². The molecule has 1 aliphatic heterocycles. The molecule has 0 aromatic heterocycles. The molecule has 0 aliphatic carbocycles. The number of fused-ring (bicyclic) bond motifs is 1. The Morgan fingerprint density at radius 1 is 1.39 bits per heavy atom. The standard InChI is InChI=1S/C15H23NOS/c1-15(2,3)11-5-6-13-14(9-11)18-10-12(7-8-17)16(13)4/h5-6,9,12,17H,7-8,10H2,1-4H3. The Morgan fingerprint density at radius 2 is 2.11 bits per heavy atom. The second-order valence-corrected chi connectivity index (χ2v) is 7.08. The van der Waals surface area contributed by atoms with Gasteiger partial charge in [-0.15, -0.1) is 11.8 Å². The molecule has 2 rings (SSSR count). The number of thioether (sulfide) groups is 1. The molecule has 3 heteroatoms. The molecular weight excluding hydrogens is 242 g/mol. The van der Waals surface area contributed by atoms with Gasteiger partial charge in [0.25, 0.3) is 0 Å². The lowest BCUT2D eigenvalue weighted by Gasteiger charge is -2.36. The predicted octanol–water partition coefficient (Wildman–Crippen LogP) is 3.28. The molecule has 1 aromatic rings. The first-order chi connectivity index (χ1) is 8.43. The molecule has 2 nitrogen and oxygen atoms in total. The van der Waals surface area contributed by atoms with E-state index in [0.717, 1.165) is 12.2 Å². The van der Waals surface area contributed by atoms with E-state index in [1.807, 2.05) is 11.8 Å². The summed E-state index contributed by atoms with van der Waals surface area (Å²) in [7, 11) is 2.13. The van der Waals surface area contributed by atoms with E-state index < -0.39 is 0 Å². The zero-order chi connectivity index (χ0) is 13.3. The molecule has 1 aromatic carbocycles. The molecule has 0 saturated heterocycles.